The highest BCUT2D eigenvalue weighted by atomic mass is 35.5. The van der Waals surface area contributed by atoms with E-state index >= 15 is 0 Å². The highest BCUT2D eigenvalue weighted by molar-refractivity contribution is 7.91. The fourth-order valence-electron chi connectivity index (χ4n) is 2.81. The van der Waals surface area contributed by atoms with Crippen molar-refractivity contribution in [1.29, 1.82) is 0 Å². The molecule has 1 aromatic carbocycles. The van der Waals surface area contributed by atoms with Crippen molar-refractivity contribution < 1.29 is 12.8 Å². The van der Waals surface area contributed by atoms with Crippen molar-refractivity contribution in [3.63, 3.8) is 0 Å². The molecule has 21 heavy (non-hydrogen) atoms. The van der Waals surface area contributed by atoms with Crippen LogP contribution in [0.5, 0.6) is 0 Å². The smallest absolute Gasteiger partial charge is 0.150 e. The number of hydrogen-bond acceptors (Lipinski definition) is 3. The molecule has 0 radical (unpaired) electrons. The van der Waals surface area contributed by atoms with Crippen LogP contribution in [0, 0.1) is 11.7 Å². The molecular weight excluding hydrogens is 313 g/mol. The summed E-state index contributed by atoms with van der Waals surface area (Å²) in [6, 6.07) is 4.34. The SMILES string of the molecule is CCCNC(Cc1cc(F)ccc1Cl)C1CCS(=O)(=O)C1. The maximum Gasteiger partial charge on any atom is 0.150 e. The minimum atomic E-state index is -2.92. The van der Waals surface area contributed by atoms with Gasteiger partial charge in [-0.15, -0.1) is 0 Å². The third kappa shape index (κ3) is 4.66. The Morgan fingerprint density at radius 3 is 2.86 bits per heavy atom. The van der Waals surface area contributed by atoms with Gasteiger partial charge in [0.25, 0.3) is 0 Å². The van der Waals surface area contributed by atoms with Crippen molar-refractivity contribution in [1.82, 2.24) is 5.32 Å². The highest BCUT2D eigenvalue weighted by Crippen LogP contribution is 2.26. The van der Waals surface area contributed by atoms with Gasteiger partial charge in [0, 0.05) is 11.1 Å². The number of benzene rings is 1. The Labute approximate surface area is 130 Å². The lowest BCUT2D eigenvalue weighted by molar-refractivity contribution is 0.379. The average molecular weight is 334 g/mol. The lowest BCUT2D eigenvalue weighted by Crippen LogP contribution is -2.39. The zero-order valence-corrected chi connectivity index (χ0v) is 13.7. The van der Waals surface area contributed by atoms with Gasteiger partial charge < -0.3 is 5.32 Å². The van der Waals surface area contributed by atoms with E-state index in [9.17, 15) is 12.8 Å². The van der Waals surface area contributed by atoms with E-state index in [1.807, 2.05) is 0 Å². The molecule has 6 heteroatoms. The Bertz CT molecular complexity index is 591. The molecule has 3 nitrogen and oxygen atoms in total. The number of hydrogen-bond donors (Lipinski definition) is 1. The molecule has 1 N–H and O–H groups in total. The molecular formula is C15H21ClFNO2S. The molecule has 0 bridgehead atoms. The van der Waals surface area contributed by atoms with E-state index in [1.54, 1.807) is 6.07 Å². The molecule has 1 aromatic rings. The Morgan fingerprint density at radius 2 is 2.24 bits per heavy atom. The molecule has 1 aliphatic heterocycles. The third-order valence-electron chi connectivity index (χ3n) is 3.94. The molecule has 0 aromatic heterocycles. The van der Waals surface area contributed by atoms with Crippen LogP contribution in [0.3, 0.4) is 0 Å². The normalized spacial score (nSPS) is 22.3. The molecule has 0 aliphatic carbocycles. The van der Waals surface area contributed by atoms with Gasteiger partial charge in [0.2, 0.25) is 0 Å². The molecule has 0 saturated carbocycles. The van der Waals surface area contributed by atoms with E-state index in [0.717, 1.165) is 18.5 Å². The van der Waals surface area contributed by atoms with Crippen molar-refractivity contribution in [2.45, 2.75) is 32.2 Å². The fourth-order valence-corrected chi connectivity index (χ4v) is 4.89. The Morgan fingerprint density at radius 1 is 1.48 bits per heavy atom. The molecule has 2 unspecified atom stereocenters. The number of rotatable bonds is 6. The monoisotopic (exact) mass is 333 g/mol. The van der Waals surface area contributed by atoms with Crippen LogP contribution in [0.15, 0.2) is 18.2 Å². The van der Waals surface area contributed by atoms with Crippen LogP contribution in [-0.4, -0.2) is 32.5 Å². The summed E-state index contributed by atoms with van der Waals surface area (Å²) >= 11 is 6.12. The highest BCUT2D eigenvalue weighted by Gasteiger charge is 2.33. The molecule has 0 amide bonds. The molecule has 1 fully saturated rings. The van der Waals surface area contributed by atoms with Gasteiger partial charge >= 0.3 is 0 Å². The first-order valence-electron chi connectivity index (χ1n) is 7.29. The Hall–Kier alpha value is -0.650. The van der Waals surface area contributed by atoms with Crippen LogP contribution in [0.4, 0.5) is 4.39 Å². The summed E-state index contributed by atoms with van der Waals surface area (Å²) in [7, 11) is -2.92. The van der Waals surface area contributed by atoms with Crippen molar-refractivity contribution in [3.05, 3.63) is 34.6 Å². The van der Waals surface area contributed by atoms with Gasteiger partial charge in [0.05, 0.1) is 11.5 Å². The predicted molar refractivity (Wildman–Crippen MR) is 84.0 cm³/mol. The largest absolute Gasteiger partial charge is 0.313 e. The number of nitrogens with one attached hydrogen (secondary N) is 1. The second-order valence-electron chi connectivity index (χ2n) is 5.66. The summed E-state index contributed by atoms with van der Waals surface area (Å²) in [6.07, 6.45) is 2.18. The first kappa shape index (κ1) is 16.7. The van der Waals surface area contributed by atoms with Crippen molar-refractivity contribution in [2.24, 2.45) is 5.92 Å². The van der Waals surface area contributed by atoms with Crippen LogP contribution < -0.4 is 5.32 Å². The average Bonchev–Trinajstić information content (AvgIpc) is 2.78. The van der Waals surface area contributed by atoms with Gasteiger partial charge in [-0.05, 0) is 55.5 Å². The summed E-state index contributed by atoms with van der Waals surface area (Å²) in [6.45, 7) is 2.87. The maximum absolute atomic E-state index is 13.4. The molecule has 2 atom stereocenters. The van der Waals surface area contributed by atoms with Gasteiger partial charge in [-0.1, -0.05) is 18.5 Å². The Kier molecular flexibility index (Phi) is 5.63. The van der Waals surface area contributed by atoms with E-state index in [-0.39, 0.29) is 29.3 Å². The van der Waals surface area contributed by atoms with Gasteiger partial charge in [-0.25, -0.2) is 12.8 Å². The summed E-state index contributed by atoms with van der Waals surface area (Å²) in [5, 5.41) is 3.93. The first-order valence-corrected chi connectivity index (χ1v) is 9.49. The molecule has 1 heterocycles. The zero-order valence-electron chi connectivity index (χ0n) is 12.1. The molecule has 0 spiro atoms. The van der Waals surface area contributed by atoms with Crippen LogP contribution in [0.25, 0.3) is 0 Å². The minimum absolute atomic E-state index is 0.0153. The quantitative estimate of drug-likeness (QED) is 0.870. The molecule has 1 saturated heterocycles. The van der Waals surface area contributed by atoms with Crippen LogP contribution in [0.1, 0.15) is 25.3 Å². The number of sulfone groups is 1. The van der Waals surface area contributed by atoms with Gasteiger partial charge in [-0.3, -0.25) is 0 Å². The predicted octanol–water partition coefficient (Wildman–Crippen LogP) is 2.82. The summed E-state index contributed by atoms with van der Waals surface area (Å²) in [4.78, 5) is 0. The molecule has 1 aliphatic rings. The van der Waals surface area contributed by atoms with E-state index in [2.05, 4.69) is 12.2 Å². The van der Waals surface area contributed by atoms with Gasteiger partial charge in [-0.2, -0.15) is 0 Å². The number of halogens is 2. The van der Waals surface area contributed by atoms with Crippen molar-refractivity contribution >= 4 is 21.4 Å². The molecule has 2 rings (SSSR count). The maximum atomic E-state index is 13.4. The van der Waals surface area contributed by atoms with Gasteiger partial charge in [0.1, 0.15) is 5.82 Å². The third-order valence-corrected chi connectivity index (χ3v) is 6.10. The lowest BCUT2D eigenvalue weighted by atomic mass is 9.92. The van der Waals surface area contributed by atoms with E-state index < -0.39 is 9.84 Å². The summed E-state index contributed by atoms with van der Waals surface area (Å²) < 4.78 is 36.7. The minimum Gasteiger partial charge on any atom is -0.313 e. The zero-order chi connectivity index (χ0) is 15.5. The van der Waals surface area contributed by atoms with Crippen LogP contribution >= 0.6 is 11.6 Å². The van der Waals surface area contributed by atoms with E-state index in [0.29, 0.717) is 17.9 Å². The topological polar surface area (TPSA) is 46.2 Å². The van der Waals surface area contributed by atoms with Crippen LogP contribution in [-0.2, 0) is 16.3 Å². The summed E-state index contributed by atoms with van der Waals surface area (Å²) in [5.74, 6) is 0.212. The fraction of sp³-hybridized carbons (Fsp3) is 0.600. The first-order chi connectivity index (χ1) is 9.91. The summed E-state index contributed by atoms with van der Waals surface area (Å²) in [5.41, 5.74) is 0.731. The van der Waals surface area contributed by atoms with Crippen molar-refractivity contribution in [3.8, 4) is 0 Å². The van der Waals surface area contributed by atoms with E-state index in [1.165, 1.54) is 12.1 Å². The van der Waals surface area contributed by atoms with E-state index in [4.69, 9.17) is 11.6 Å². The van der Waals surface area contributed by atoms with Crippen LogP contribution in [0.2, 0.25) is 5.02 Å². The van der Waals surface area contributed by atoms with Crippen molar-refractivity contribution in [2.75, 3.05) is 18.1 Å². The standard InChI is InChI=1S/C15H21ClFNO2S/c1-2-6-18-15(11-5-7-21(19,20)10-11)9-12-8-13(17)3-4-14(12)16/h3-4,8,11,15,18H,2,5-7,9-10H2,1H3. The van der Waals surface area contributed by atoms with Gasteiger partial charge in [0.15, 0.2) is 9.84 Å². The Balaban J connectivity index is 2.14. The second-order valence-corrected chi connectivity index (χ2v) is 8.30. The second kappa shape index (κ2) is 7.07. The lowest BCUT2D eigenvalue weighted by Gasteiger charge is -2.24. The molecule has 118 valence electrons.